The van der Waals surface area contributed by atoms with Crippen LogP contribution in [0.1, 0.15) is 24.7 Å². The Balaban J connectivity index is 2.31. The molecule has 2 aromatic rings. The largest absolute Gasteiger partial charge is 0.327 e. The first-order valence-electron chi connectivity index (χ1n) is 5.17. The van der Waals surface area contributed by atoms with Gasteiger partial charge >= 0.3 is 0 Å². The Labute approximate surface area is 96.4 Å². The zero-order valence-corrected chi connectivity index (χ0v) is 9.87. The first-order valence-corrected chi connectivity index (χ1v) is 5.96. The van der Waals surface area contributed by atoms with Gasteiger partial charge in [-0.25, -0.2) is 4.98 Å². The molecule has 4 heteroatoms. The number of hydrogen-bond acceptors (Lipinski definition) is 2. The molecule has 1 aromatic carbocycles. The Hall–Kier alpha value is -0.870. The molecule has 0 fully saturated rings. The van der Waals surface area contributed by atoms with Crippen molar-refractivity contribution in [1.29, 1.82) is 0 Å². The highest BCUT2D eigenvalue weighted by Crippen LogP contribution is 2.28. The molecular weight excluding hydrogens is 254 g/mol. The highest BCUT2D eigenvalue weighted by atomic mass is 79.9. The Bertz CT molecular complexity index is 518. The topological polar surface area (TPSA) is 43.8 Å². The molecule has 2 heterocycles. The van der Waals surface area contributed by atoms with Crippen molar-refractivity contribution in [3.63, 3.8) is 0 Å². The molecule has 0 radical (unpaired) electrons. The molecule has 0 amide bonds. The van der Waals surface area contributed by atoms with E-state index in [9.17, 15) is 0 Å². The summed E-state index contributed by atoms with van der Waals surface area (Å²) in [6, 6.07) is 6.28. The lowest BCUT2D eigenvalue weighted by molar-refractivity contribution is 0.459. The quantitative estimate of drug-likeness (QED) is 0.796. The maximum atomic E-state index is 6.05. The first-order chi connectivity index (χ1) is 7.25. The van der Waals surface area contributed by atoms with E-state index in [-0.39, 0.29) is 6.04 Å². The van der Waals surface area contributed by atoms with Crippen LogP contribution in [0.5, 0.6) is 0 Å². The number of nitrogens with two attached hydrogens (primary N) is 1. The molecule has 1 aromatic heterocycles. The minimum absolute atomic E-state index is 0.102. The summed E-state index contributed by atoms with van der Waals surface area (Å²) in [5, 5.41) is 0. The number of aromatic nitrogens is 2. The highest BCUT2D eigenvalue weighted by molar-refractivity contribution is 9.10. The lowest BCUT2D eigenvalue weighted by Gasteiger charge is -2.20. The van der Waals surface area contributed by atoms with Crippen molar-refractivity contribution in [2.24, 2.45) is 5.73 Å². The van der Waals surface area contributed by atoms with E-state index >= 15 is 0 Å². The van der Waals surface area contributed by atoms with E-state index < -0.39 is 0 Å². The number of halogens is 1. The van der Waals surface area contributed by atoms with Crippen molar-refractivity contribution in [3.8, 4) is 0 Å². The van der Waals surface area contributed by atoms with Gasteiger partial charge in [-0.3, -0.25) is 0 Å². The van der Waals surface area contributed by atoms with Crippen molar-refractivity contribution in [2.75, 3.05) is 0 Å². The molecule has 0 bridgehead atoms. The van der Waals surface area contributed by atoms with Crippen LogP contribution in [-0.2, 0) is 6.54 Å². The van der Waals surface area contributed by atoms with E-state index in [1.165, 1.54) is 5.52 Å². The van der Waals surface area contributed by atoms with Crippen molar-refractivity contribution in [1.82, 2.24) is 9.55 Å². The maximum Gasteiger partial charge on any atom is 0.126 e. The van der Waals surface area contributed by atoms with Crippen LogP contribution in [0.2, 0.25) is 0 Å². The van der Waals surface area contributed by atoms with E-state index in [1.54, 1.807) is 0 Å². The van der Waals surface area contributed by atoms with Crippen LogP contribution in [0.15, 0.2) is 22.7 Å². The Morgan fingerprint density at radius 2 is 2.33 bits per heavy atom. The van der Waals surface area contributed by atoms with Gasteiger partial charge in [-0.1, -0.05) is 15.9 Å². The van der Waals surface area contributed by atoms with Crippen molar-refractivity contribution >= 4 is 27.0 Å². The fourth-order valence-corrected chi connectivity index (χ4v) is 2.58. The lowest BCUT2D eigenvalue weighted by atomic mass is 10.1. The smallest absolute Gasteiger partial charge is 0.126 e. The second-order valence-corrected chi connectivity index (χ2v) is 4.92. The molecule has 0 saturated carbocycles. The second kappa shape index (κ2) is 3.32. The summed E-state index contributed by atoms with van der Waals surface area (Å²) in [4.78, 5) is 4.59. The Morgan fingerprint density at radius 1 is 1.47 bits per heavy atom. The van der Waals surface area contributed by atoms with Gasteiger partial charge < -0.3 is 10.3 Å². The van der Waals surface area contributed by atoms with E-state index in [1.807, 2.05) is 12.1 Å². The molecule has 1 aliphatic heterocycles. The zero-order valence-electron chi connectivity index (χ0n) is 8.28. The van der Waals surface area contributed by atoms with Crippen LogP contribution in [0.3, 0.4) is 0 Å². The summed E-state index contributed by atoms with van der Waals surface area (Å²) in [5.41, 5.74) is 8.29. The molecule has 3 nitrogen and oxygen atoms in total. The van der Waals surface area contributed by atoms with Crippen LogP contribution in [0, 0.1) is 0 Å². The van der Waals surface area contributed by atoms with Gasteiger partial charge in [0.15, 0.2) is 0 Å². The predicted octanol–water partition coefficient (Wildman–Crippen LogP) is 2.59. The fraction of sp³-hybridized carbons (Fsp3) is 0.364. The monoisotopic (exact) mass is 265 g/mol. The van der Waals surface area contributed by atoms with Crippen LogP contribution in [0.4, 0.5) is 0 Å². The van der Waals surface area contributed by atoms with E-state index in [0.717, 1.165) is 35.2 Å². The summed E-state index contributed by atoms with van der Waals surface area (Å²) >= 11 is 3.49. The molecule has 3 rings (SSSR count). The Kier molecular flexibility index (Phi) is 2.07. The van der Waals surface area contributed by atoms with Gasteiger partial charge in [0, 0.05) is 11.0 Å². The summed E-state index contributed by atoms with van der Waals surface area (Å²) in [6.45, 7) is 1.04. The number of aryl methyl sites for hydroxylation is 1. The molecule has 1 unspecified atom stereocenters. The van der Waals surface area contributed by atoms with Crippen LogP contribution in [0.25, 0.3) is 11.0 Å². The minimum Gasteiger partial charge on any atom is -0.327 e. The zero-order chi connectivity index (χ0) is 10.4. The first kappa shape index (κ1) is 9.36. The maximum absolute atomic E-state index is 6.05. The molecule has 1 atom stereocenters. The van der Waals surface area contributed by atoms with Crippen LogP contribution in [-0.4, -0.2) is 9.55 Å². The van der Waals surface area contributed by atoms with Gasteiger partial charge in [0.2, 0.25) is 0 Å². The predicted molar refractivity (Wildman–Crippen MR) is 63.6 cm³/mol. The molecular formula is C11H12BrN3. The van der Waals surface area contributed by atoms with Gasteiger partial charge in [0.25, 0.3) is 0 Å². The third-order valence-electron chi connectivity index (χ3n) is 2.97. The molecule has 2 N–H and O–H groups in total. The molecule has 0 aliphatic carbocycles. The SMILES string of the molecule is NC1CCCn2c1nc1ccc(Br)cc12. The number of benzene rings is 1. The molecule has 0 saturated heterocycles. The summed E-state index contributed by atoms with van der Waals surface area (Å²) < 4.78 is 3.34. The van der Waals surface area contributed by atoms with Crippen molar-refractivity contribution in [2.45, 2.75) is 25.4 Å². The van der Waals surface area contributed by atoms with Gasteiger partial charge in [-0.05, 0) is 31.0 Å². The summed E-state index contributed by atoms with van der Waals surface area (Å²) in [5.74, 6) is 1.04. The molecule has 1 aliphatic rings. The second-order valence-electron chi connectivity index (χ2n) is 4.00. The third kappa shape index (κ3) is 1.40. The molecule has 15 heavy (non-hydrogen) atoms. The van der Waals surface area contributed by atoms with Crippen LogP contribution >= 0.6 is 15.9 Å². The van der Waals surface area contributed by atoms with E-state index in [0.29, 0.717) is 0 Å². The fourth-order valence-electron chi connectivity index (χ4n) is 2.23. The van der Waals surface area contributed by atoms with Gasteiger partial charge in [0.1, 0.15) is 5.82 Å². The van der Waals surface area contributed by atoms with E-state index in [2.05, 4.69) is 31.5 Å². The lowest BCUT2D eigenvalue weighted by Crippen LogP contribution is -2.21. The highest BCUT2D eigenvalue weighted by Gasteiger charge is 2.20. The van der Waals surface area contributed by atoms with Crippen molar-refractivity contribution < 1.29 is 0 Å². The number of fused-ring (bicyclic) bond motifs is 3. The number of rotatable bonds is 0. The molecule has 0 spiro atoms. The standard InChI is InChI=1S/C11H12BrN3/c12-7-3-4-9-10(6-7)15-5-1-2-8(13)11(15)14-9/h3-4,6,8H,1-2,5,13H2. The van der Waals surface area contributed by atoms with Gasteiger partial charge in [0.05, 0.1) is 17.1 Å². The molecule has 78 valence electrons. The number of nitrogens with zero attached hydrogens (tertiary/aromatic N) is 2. The average Bonchev–Trinajstić information content (AvgIpc) is 2.58. The summed E-state index contributed by atoms with van der Waals surface area (Å²) in [6.07, 6.45) is 2.19. The number of imidazole rings is 1. The number of hydrogen-bond donors (Lipinski definition) is 1. The third-order valence-corrected chi connectivity index (χ3v) is 3.46. The minimum atomic E-state index is 0.102. The van der Waals surface area contributed by atoms with Gasteiger partial charge in [-0.15, -0.1) is 0 Å². The average molecular weight is 266 g/mol. The van der Waals surface area contributed by atoms with Gasteiger partial charge in [-0.2, -0.15) is 0 Å². The Morgan fingerprint density at radius 3 is 3.20 bits per heavy atom. The van der Waals surface area contributed by atoms with Crippen molar-refractivity contribution in [3.05, 3.63) is 28.5 Å². The van der Waals surface area contributed by atoms with Crippen LogP contribution < -0.4 is 5.73 Å². The summed E-state index contributed by atoms with van der Waals surface area (Å²) in [7, 11) is 0. The normalized spacial score (nSPS) is 20.5. The van der Waals surface area contributed by atoms with E-state index in [4.69, 9.17) is 5.73 Å².